The first-order valence-electron chi connectivity index (χ1n) is 9.52. The Labute approximate surface area is 175 Å². The number of aromatic nitrogens is 1. The van der Waals surface area contributed by atoms with Crippen LogP contribution in [0.25, 0.3) is 11.1 Å². The Morgan fingerprint density at radius 1 is 1.04 bits per heavy atom. The van der Waals surface area contributed by atoms with Crippen LogP contribution in [-0.2, 0) is 4.79 Å². The molecule has 1 amide bonds. The van der Waals surface area contributed by atoms with Crippen molar-refractivity contribution in [3.05, 3.63) is 82.6 Å². The second-order valence-corrected chi connectivity index (χ2v) is 8.31. The summed E-state index contributed by atoms with van der Waals surface area (Å²) in [6, 6.07) is 20.0. The highest BCUT2D eigenvalue weighted by atomic mass is 79.9. The molecule has 3 rings (SSSR count). The first-order valence-corrected chi connectivity index (χ1v) is 10.3. The minimum atomic E-state index is -0.196. The van der Waals surface area contributed by atoms with Crippen molar-refractivity contribution in [3.8, 4) is 11.1 Å². The first kappa shape index (κ1) is 20.3. The van der Waals surface area contributed by atoms with Gasteiger partial charge in [-0.15, -0.1) is 0 Å². The van der Waals surface area contributed by atoms with E-state index in [0.29, 0.717) is 5.92 Å². The Bertz CT molecular complexity index is 951. The van der Waals surface area contributed by atoms with Crippen LogP contribution in [0.4, 0.5) is 5.69 Å². The van der Waals surface area contributed by atoms with Gasteiger partial charge in [-0.05, 0) is 66.3 Å². The molecular weight excluding hydrogens is 412 g/mol. The maximum atomic E-state index is 13.1. The summed E-state index contributed by atoms with van der Waals surface area (Å²) in [6.07, 6.45) is 2.61. The van der Waals surface area contributed by atoms with Gasteiger partial charge in [0, 0.05) is 22.1 Å². The maximum Gasteiger partial charge on any atom is 0.231 e. The van der Waals surface area contributed by atoms with E-state index in [1.165, 1.54) is 0 Å². The van der Waals surface area contributed by atoms with Crippen molar-refractivity contribution in [1.82, 2.24) is 4.98 Å². The van der Waals surface area contributed by atoms with E-state index in [1.807, 2.05) is 67.7 Å². The number of hydrogen-bond acceptors (Lipinski definition) is 2. The van der Waals surface area contributed by atoms with E-state index in [-0.39, 0.29) is 11.8 Å². The highest BCUT2D eigenvalue weighted by Gasteiger charge is 2.23. The Morgan fingerprint density at radius 2 is 1.75 bits per heavy atom. The zero-order valence-corrected chi connectivity index (χ0v) is 18.0. The molecule has 3 nitrogen and oxygen atoms in total. The standard InChI is InChI=1S/C24H25BrN2O/c1-16(2)14-22(21-6-4-5-7-23(21)25)24(28)27-20-10-8-18(9-11-20)19-12-13-26-17(3)15-19/h4-13,15-16,22H,14H2,1-3H3,(H,27,28). The van der Waals surface area contributed by atoms with E-state index in [2.05, 4.69) is 46.1 Å². The molecule has 0 fully saturated rings. The summed E-state index contributed by atoms with van der Waals surface area (Å²) in [6.45, 7) is 6.26. The highest BCUT2D eigenvalue weighted by molar-refractivity contribution is 9.10. The number of rotatable bonds is 6. The monoisotopic (exact) mass is 436 g/mol. The normalized spacial score (nSPS) is 12.0. The van der Waals surface area contributed by atoms with Gasteiger partial charge in [0.1, 0.15) is 0 Å². The number of benzene rings is 2. The molecule has 4 heteroatoms. The average Bonchev–Trinajstić information content (AvgIpc) is 2.67. The summed E-state index contributed by atoms with van der Waals surface area (Å²) in [7, 11) is 0. The van der Waals surface area contributed by atoms with Gasteiger partial charge in [0.05, 0.1) is 5.92 Å². The van der Waals surface area contributed by atoms with Crippen LogP contribution in [0.15, 0.2) is 71.3 Å². The molecule has 144 valence electrons. The predicted molar refractivity (Wildman–Crippen MR) is 119 cm³/mol. The van der Waals surface area contributed by atoms with Crippen molar-refractivity contribution in [1.29, 1.82) is 0 Å². The summed E-state index contributed by atoms with van der Waals surface area (Å²) in [5.74, 6) is 0.242. The van der Waals surface area contributed by atoms with Gasteiger partial charge in [-0.1, -0.05) is 60.1 Å². The van der Waals surface area contributed by atoms with Crippen LogP contribution in [0, 0.1) is 12.8 Å². The fourth-order valence-corrected chi connectivity index (χ4v) is 3.87. The zero-order chi connectivity index (χ0) is 20.1. The number of amides is 1. The summed E-state index contributed by atoms with van der Waals surface area (Å²) in [5.41, 5.74) is 5.04. The van der Waals surface area contributed by atoms with Crippen LogP contribution < -0.4 is 5.32 Å². The summed E-state index contributed by atoms with van der Waals surface area (Å²) in [4.78, 5) is 17.3. The van der Waals surface area contributed by atoms with Crippen molar-refractivity contribution in [2.45, 2.75) is 33.1 Å². The molecule has 0 bridgehead atoms. The van der Waals surface area contributed by atoms with Crippen molar-refractivity contribution in [2.24, 2.45) is 5.92 Å². The summed E-state index contributed by atoms with van der Waals surface area (Å²) >= 11 is 3.60. The van der Waals surface area contributed by atoms with Gasteiger partial charge in [-0.2, -0.15) is 0 Å². The van der Waals surface area contributed by atoms with E-state index in [4.69, 9.17) is 0 Å². The predicted octanol–water partition coefficient (Wildman–Crippen LogP) is 6.59. The van der Waals surface area contributed by atoms with E-state index >= 15 is 0 Å². The number of hydrogen-bond donors (Lipinski definition) is 1. The number of anilines is 1. The topological polar surface area (TPSA) is 42.0 Å². The lowest BCUT2D eigenvalue weighted by atomic mass is 9.89. The smallest absolute Gasteiger partial charge is 0.231 e. The molecule has 0 aliphatic rings. The van der Waals surface area contributed by atoms with E-state index < -0.39 is 0 Å². The fraction of sp³-hybridized carbons (Fsp3) is 0.250. The zero-order valence-electron chi connectivity index (χ0n) is 16.4. The van der Waals surface area contributed by atoms with Crippen molar-refractivity contribution in [2.75, 3.05) is 5.32 Å². The lowest BCUT2D eigenvalue weighted by Crippen LogP contribution is -2.23. The van der Waals surface area contributed by atoms with Gasteiger partial charge in [0.2, 0.25) is 5.91 Å². The lowest BCUT2D eigenvalue weighted by Gasteiger charge is -2.20. The molecule has 0 aliphatic heterocycles. The second kappa shape index (κ2) is 9.16. The quantitative estimate of drug-likeness (QED) is 0.473. The molecule has 0 radical (unpaired) electrons. The van der Waals surface area contributed by atoms with Crippen LogP contribution in [-0.4, -0.2) is 10.9 Å². The molecule has 0 saturated heterocycles. The van der Waals surface area contributed by atoms with Gasteiger partial charge < -0.3 is 5.32 Å². The van der Waals surface area contributed by atoms with E-state index in [9.17, 15) is 4.79 Å². The van der Waals surface area contributed by atoms with E-state index in [0.717, 1.165) is 39.0 Å². The Balaban J connectivity index is 1.79. The maximum absolute atomic E-state index is 13.1. The number of carbonyl (C=O) groups is 1. The molecule has 2 aromatic carbocycles. The fourth-order valence-electron chi connectivity index (χ4n) is 3.30. The van der Waals surface area contributed by atoms with Gasteiger partial charge in [-0.25, -0.2) is 0 Å². The first-order chi connectivity index (χ1) is 13.4. The van der Waals surface area contributed by atoms with E-state index in [1.54, 1.807) is 0 Å². The van der Waals surface area contributed by atoms with Crippen LogP contribution in [0.3, 0.4) is 0 Å². The lowest BCUT2D eigenvalue weighted by molar-refractivity contribution is -0.118. The molecule has 28 heavy (non-hydrogen) atoms. The minimum absolute atomic E-state index is 0.0214. The molecule has 1 aromatic heterocycles. The molecule has 1 N–H and O–H groups in total. The van der Waals surface area contributed by atoms with Crippen molar-refractivity contribution < 1.29 is 4.79 Å². The van der Waals surface area contributed by atoms with Crippen molar-refractivity contribution in [3.63, 3.8) is 0 Å². The number of nitrogens with zero attached hydrogens (tertiary/aromatic N) is 1. The second-order valence-electron chi connectivity index (χ2n) is 7.46. The number of carbonyl (C=O) groups excluding carboxylic acids is 1. The van der Waals surface area contributed by atoms with Crippen molar-refractivity contribution >= 4 is 27.5 Å². The van der Waals surface area contributed by atoms with Gasteiger partial charge in [0.25, 0.3) is 0 Å². The highest BCUT2D eigenvalue weighted by Crippen LogP contribution is 2.31. The molecule has 0 saturated carbocycles. The third-order valence-corrected chi connectivity index (χ3v) is 5.41. The van der Waals surface area contributed by atoms with Gasteiger partial charge >= 0.3 is 0 Å². The Hall–Kier alpha value is -2.46. The minimum Gasteiger partial charge on any atom is -0.326 e. The van der Waals surface area contributed by atoms with Crippen LogP contribution in [0.1, 0.15) is 37.4 Å². The summed E-state index contributed by atoms with van der Waals surface area (Å²) in [5, 5.41) is 3.09. The largest absolute Gasteiger partial charge is 0.326 e. The number of pyridine rings is 1. The average molecular weight is 437 g/mol. The molecule has 0 spiro atoms. The Kier molecular flexibility index (Phi) is 6.63. The molecule has 1 heterocycles. The third kappa shape index (κ3) is 5.08. The molecular formula is C24H25BrN2O. The van der Waals surface area contributed by atoms with Gasteiger partial charge in [0.15, 0.2) is 0 Å². The number of aryl methyl sites for hydroxylation is 1. The van der Waals surface area contributed by atoms with Crippen LogP contribution in [0.5, 0.6) is 0 Å². The molecule has 1 unspecified atom stereocenters. The summed E-state index contributed by atoms with van der Waals surface area (Å²) < 4.78 is 0.971. The van der Waals surface area contributed by atoms with Gasteiger partial charge in [-0.3, -0.25) is 9.78 Å². The molecule has 1 atom stereocenters. The van der Waals surface area contributed by atoms with Crippen LogP contribution >= 0.6 is 15.9 Å². The molecule has 3 aromatic rings. The van der Waals surface area contributed by atoms with Crippen LogP contribution in [0.2, 0.25) is 0 Å². The molecule has 0 aliphatic carbocycles. The SMILES string of the molecule is Cc1cc(-c2ccc(NC(=O)C(CC(C)C)c3ccccc3Br)cc2)ccn1. The number of halogens is 1. The Morgan fingerprint density at radius 3 is 2.39 bits per heavy atom. The number of nitrogens with one attached hydrogen (secondary N) is 1. The third-order valence-electron chi connectivity index (χ3n) is 4.69.